The molecule has 0 aliphatic carbocycles. The number of hydrogen-bond acceptors (Lipinski definition) is 5. The molecule has 1 aromatic heterocycles. The van der Waals surface area contributed by atoms with Crippen LogP contribution in [0.3, 0.4) is 0 Å². The van der Waals surface area contributed by atoms with Crippen molar-refractivity contribution in [2.24, 2.45) is 0 Å². The van der Waals surface area contributed by atoms with Crippen molar-refractivity contribution in [3.63, 3.8) is 0 Å². The lowest BCUT2D eigenvalue weighted by Gasteiger charge is -2.18. The summed E-state index contributed by atoms with van der Waals surface area (Å²) in [5, 5.41) is 8.22. The number of nitrogens with zero attached hydrogens (tertiary/aromatic N) is 1. The lowest BCUT2D eigenvalue weighted by molar-refractivity contribution is -0.115. The molecule has 6 nitrogen and oxygen atoms in total. The maximum absolute atomic E-state index is 12.6. The van der Waals surface area contributed by atoms with E-state index in [1.165, 1.54) is 9.87 Å². The van der Waals surface area contributed by atoms with Gasteiger partial charge in [0.1, 0.15) is 0 Å². The van der Waals surface area contributed by atoms with Crippen molar-refractivity contribution in [3.8, 4) is 0 Å². The Balaban J connectivity index is 1.39. The van der Waals surface area contributed by atoms with E-state index in [2.05, 4.69) is 41.0 Å². The van der Waals surface area contributed by atoms with Crippen molar-refractivity contribution < 1.29 is 13.2 Å². The van der Waals surface area contributed by atoms with Gasteiger partial charge in [-0.05, 0) is 61.0 Å². The lowest BCUT2D eigenvalue weighted by Crippen LogP contribution is -2.31. The molecule has 1 atom stereocenters. The summed E-state index contributed by atoms with van der Waals surface area (Å²) in [5.41, 5.74) is 2.86. The topological polar surface area (TPSA) is 78.5 Å². The second kappa shape index (κ2) is 9.95. The van der Waals surface area contributed by atoms with Crippen LogP contribution in [0.4, 0.5) is 5.69 Å². The minimum atomic E-state index is -3.45. The quantitative estimate of drug-likeness (QED) is 0.519. The van der Waals surface area contributed by atoms with E-state index in [0.717, 1.165) is 23.3 Å². The number of nitrogens with one attached hydrogen (secondary N) is 2. The van der Waals surface area contributed by atoms with E-state index in [1.54, 1.807) is 35.6 Å². The van der Waals surface area contributed by atoms with Crippen LogP contribution < -0.4 is 10.6 Å². The summed E-state index contributed by atoms with van der Waals surface area (Å²) in [4.78, 5) is 14.0. The number of amides is 1. The number of anilines is 1. The Morgan fingerprint density at radius 1 is 1.03 bits per heavy atom. The summed E-state index contributed by atoms with van der Waals surface area (Å²) in [5.74, 6) is -0.186. The average Bonchev–Trinajstić information content (AvgIpc) is 3.50. The van der Waals surface area contributed by atoms with Crippen LogP contribution in [-0.4, -0.2) is 38.3 Å². The number of carbonyl (C=O) groups excluding carboxylic acids is 1. The standard InChI is InChI=1S/C24H27N3O3S2/c1-18-6-8-19(9-7-18)24(22-5-4-16-31-22)25-17-23(28)26-20-10-12-21(13-11-20)32(29,30)27-14-2-3-15-27/h4-13,16,24-25H,2-3,14-15,17H2,1H3,(H,26,28). The SMILES string of the molecule is Cc1ccc(C(NCC(=O)Nc2ccc(S(=O)(=O)N3CCCC3)cc2)c2cccs2)cc1. The van der Waals surface area contributed by atoms with Gasteiger partial charge in [-0.25, -0.2) is 8.42 Å². The first kappa shape index (κ1) is 22.7. The Morgan fingerprint density at radius 2 is 1.72 bits per heavy atom. The van der Waals surface area contributed by atoms with Gasteiger partial charge in [-0.2, -0.15) is 4.31 Å². The van der Waals surface area contributed by atoms with Crippen LogP contribution in [0.2, 0.25) is 0 Å². The number of sulfonamides is 1. The molecule has 32 heavy (non-hydrogen) atoms. The normalized spacial score (nSPS) is 15.5. The van der Waals surface area contributed by atoms with E-state index in [0.29, 0.717) is 18.8 Å². The summed E-state index contributed by atoms with van der Waals surface area (Å²) in [6.45, 7) is 3.31. The highest BCUT2D eigenvalue weighted by atomic mass is 32.2. The molecule has 0 radical (unpaired) electrons. The van der Waals surface area contributed by atoms with E-state index < -0.39 is 10.0 Å². The molecule has 1 fully saturated rings. The number of rotatable bonds is 8. The molecule has 3 aromatic rings. The Hall–Kier alpha value is -2.52. The van der Waals surface area contributed by atoms with Crippen LogP contribution in [0, 0.1) is 6.92 Å². The first-order valence-electron chi connectivity index (χ1n) is 10.7. The molecule has 1 unspecified atom stereocenters. The fourth-order valence-corrected chi connectivity index (χ4v) is 6.13. The number of aryl methyl sites for hydroxylation is 1. The monoisotopic (exact) mass is 469 g/mol. The highest BCUT2D eigenvalue weighted by Crippen LogP contribution is 2.26. The predicted molar refractivity (Wildman–Crippen MR) is 128 cm³/mol. The molecule has 1 saturated heterocycles. The number of thiophene rings is 1. The molecule has 0 spiro atoms. The van der Waals surface area contributed by atoms with E-state index >= 15 is 0 Å². The van der Waals surface area contributed by atoms with E-state index in [1.807, 2.05) is 18.4 Å². The largest absolute Gasteiger partial charge is 0.325 e. The minimum Gasteiger partial charge on any atom is -0.325 e. The van der Waals surface area contributed by atoms with Crippen molar-refractivity contribution in [1.82, 2.24) is 9.62 Å². The molecule has 2 aromatic carbocycles. The van der Waals surface area contributed by atoms with Crippen molar-refractivity contribution in [2.45, 2.75) is 30.7 Å². The van der Waals surface area contributed by atoms with Gasteiger partial charge in [0.25, 0.3) is 0 Å². The van der Waals surface area contributed by atoms with Gasteiger partial charge in [0.15, 0.2) is 0 Å². The third-order valence-electron chi connectivity index (χ3n) is 5.55. The number of benzene rings is 2. The molecule has 8 heteroatoms. The molecular formula is C24H27N3O3S2. The Kier molecular flexibility index (Phi) is 7.05. The lowest BCUT2D eigenvalue weighted by atomic mass is 10.0. The van der Waals surface area contributed by atoms with Crippen LogP contribution in [0.5, 0.6) is 0 Å². The third-order valence-corrected chi connectivity index (χ3v) is 8.40. The van der Waals surface area contributed by atoms with Gasteiger partial charge in [-0.15, -0.1) is 11.3 Å². The molecule has 4 rings (SSSR count). The highest BCUT2D eigenvalue weighted by Gasteiger charge is 2.27. The van der Waals surface area contributed by atoms with Crippen molar-refractivity contribution in [1.29, 1.82) is 0 Å². The predicted octanol–water partition coefficient (Wildman–Crippen LogP) is 4.16. The summed E-state index contributed by atoms with van der Waals surface area (Å²) >= 11 is 1.64. The molecule has 0 bridgehead atoms. The maximum atomic E-state index is 12.6. The fraction of sp³-hybridized carbons (Fsp3) is 0.292. The van der Waals surface area contributed by atoms with Crippen LogP contribution in [0.1, 0.15) is 34.9 Å². The molecule has 2 N–H and O–H groups in total. The fourth-order valence-electron chi connectivity index (χ4n) is 3.78. The summed E-state index contributed by atoms with van der Waals surface area (Å²) in [6, 6.07) is 18.6. The maximum Gasteiger partial charge on any atom is 0.243 e. The van der Waals surface area contributed by atoms with Gasteiger partial charge < -0.3 is 5.32 Å². The molecule has 1 amide bonds. The first-order chi connectivity index (χ1) is 15.4. The van der Waals surface area contributed by atoms with Gasteiger partial charge >= 0.3 is 0 Å². The molecular weight excluding hydrogens is 442 g/mol. The zero-order valence-corrected chi connectivity index (χ0v) is 19.6. The second-order valence-corrected chi connectivity index (χ2v) is 10.8. The average molecular weight is 470 g/mol. The molecule has 1 aliphatic heterocycles. The van der Waals surface area contributed by atoms with E-state index in [9.17, 15) is 13.2 Å². The van der Waals surface area contributed by atoms with E-state index in [4.69, 9.17) is 0 Å². The molecule has 1 aliphatic rings. The number of carbonyl (C=O) groups is 1. The smallest absolute Gasteiger partial charge is 0.243 e. The summed E-state index contributed by atoms with van der Waals surface area (Å²) < 4.78 is 26.8. The van der Waals surface area contributed by atoms with Crippen LogP contribution in [0.15, 0.2) is 70.9 Å². The van der Waals surface area contributed by atoms with Gasteiger partial charge in [-0.3, -0.25) is 10.1 Å². The molecule has 2 heterocycles. The van der Waals surface area contributed by atoms with Gasteiger partial charge in [0.2, 0.25) is 15.9 Å². The van der Waals surface area contributed by atoms with Crippen molar-refractivity contribution in [3.05, 3.63) is 82.0 Å². The zero-order chi connectivity index (χ0) is 22.6. The van der Waals surface area contributed by atoms with E-state index in [-0.39, 0.29) is 23.4 Å². The number of hydrogen-bond donors (Lipinski definition) is 2. The van der Waals surface area contributed by atoms with Gasteiger partial charge in [0.05, 0.1) is 17.5 Å². The Bertz CT molecular complexity index is 1140. The van der Waals surface area contributed by atoms with Crippen LogP contribution in [0.25, 0.3) is 0 Å². The zero-order valence-electron chi connectivity index (χ0n) is 18.0. The van der Waals surface area contributed by atoms with Crippen LogP contribution in [-0.2, 0) is 14.8 Å². The first-order valence-corrected chi connectivity index (χ1v) is 13.0. The molecule has 168 valence electrons. The van der Waals surface area contributed by atoms with Gasteiger partial charge in [-0.1, -0.05) is 35.9 Å². The second-order valence-electron chi connectivity index (χ2n) is 7.92. The van der Waals surface area contributed by atoms with Crippen molar-refractivity contribution >= 4 is 33.0 Å². The Morgan fingerprint density at radius 3 is 2.34 bits per heavy atom. The Labute approximate surface area is 193 Å². The third kappa shape index (κ3) is 5.27. The molecule has 0 saturated carbocycles. The highest BCUT2D eigenvalue weighted by molar-refractivity contribution is 7.89. The summed E-state index contributed by atoms with van der Waals surface area (Å²) in [7, 11) is -3.45. The summed E-state index contributed by atoms with van der Waals surface area (Å²) in [6.07, 6.45) is 1.80. The van der Waals surface area contributed by atoms with Crippen molar-refractivity contribution in [2.75, 3.05) is 25.0 Å². The van der Waals surface area contributed by atoms with Crippen LogP contribution >= 0.6 is 11.3 Å². The van der Waals surface area contributed by atoms with Gasteiger partial charge in [0, 0.05) is 23.7 Å². The minimum absolute atomic E-state index is 0.0747.